The van der Waals surface area contributed by atoms with Gasteiger partial charge in [-0.3, -0.25) is 0 Å². The Morgan fingerprint density at radius 2 is 1.87 bits per heavy atom. The Kier molecular flexibility index (Phi) is 11.7. The summed E-state index contributed by atoms with van der Waals surface area (Å²) in [5.74, 6) is 0. The van der Waals surface area contributed by atoms with Crippen molar-refractivity contribution in [2.45, 2.75) is 12.5 Å². The first kappa shape index (κ1) is 14.8. The summed E-state index contributed by atoms with van der Waals surface area (Å²) < 4.78 is 15.5. The molecule has 0 aromatic rings. The summed E-state index contributed by atoms with van der Waals surface area (Å²) in [5.41, 5.74) is 0. The Labute approximate surface area is 91.7 Å². The van der Waals surface area contributed by atoms with Gasteiger partial charge in [-0.1, -0.05) is 0 Å². The maximum Gasteiger partial charge on any atom is 0.0701 e. The molecule has 5 nitrogen and oxygen atoms in total. The smallest absolute Gasteiger partial charge is 0.0701 e. The van der Waals surface area contributed by atoms with Crippen LogP contribution in [0.5, 0.6) is 0 Å². The van der Waals surface area contributed by atoms with Crippen molar-refractivity contribution in [2.75, 3.05) is 53.8 Å². The number of hydrogen-bond donors (Lipinski definition) is 2. The number of hydrogen-bond acceptors (Lipinski definition) is 5. The van der Waals surface area contributed by atoms with Crippen LogP contribution >= 0.6 is 0 Å². The molecule has 0 aromatic heterocycles. The van der Waals surface area contributed by atoms with Gasteiger partial charge in [-0.15, -0.1) is 0 Å². The lowest BCUT2D eigenvalue weighted by atomic mass is 10.3. The van der Waals surface area contributed by atoms with Crippen molar-refractivity contribution in [1.29, 1.82) is 0 Å². The van der Waals surface area contributed by atoms with Crippen molar-refractivity contribution in [3.63, 3.8) is 0 Å². The van der Waals surface area contributed by atoms with E-state index in [2.05, 4.69) is 5.32 Å². The van der Waals surface area contributed by atoms with E-state index < -0.39 is 0 Å². The van der Waals surface area contributed by atoms with Crippen LogP contribution in [0, 0.1) is 0 Å². The third kappa shape index (κ3) is 10.1. The zero-order chi connectivity index (χ0) is 11.4. The number of ether oxygens (including phenoxy) is 3. The highest BCUT2D eigenvalue weighted by molar-refractivity contribution is 4.59. The summed E-state index contributed by atoms with van der Waals surface area (Å²) in [4.78, 5) is 0. The fraction of sp³-hybridized carbons (Fsp3) is 1.00. The minimum absolute atomic E-state index is 0.0125. The van der Waals surface area contributed by atoms with Crippen molar-refractivity contribution in [3.8, 4) is 0 Å². The van der Waals surface area contributed by atoms with Gasteiger partial charge in [0.05, 0.1) is 32.5 Å². The van der Waals surface area contributed by atoms with E-state index in [0.717, 1.165) is 13.0 Å². The summed E-state index contributed by atoms with van der Waals surface area (Å²) in [6.07, 6.45) is 0.909. The minimum Gasteiger partial charge on any atom is -0.395 e. The Morgan fingerprint density at radius 3 is 2.47 bits per heavy atom. The number of aliphatic hydroxyl groups is 1. The van der Waals surface area contributed by atoms with Crippen LogP contribution in [0.2, 0.25) is 0 Å². The van der Waals surface area contributed by atoms with Crippen LogP contribution in [0.1, 0.15) is 6.42 Å². The lowest BCUT2D eigenvalue weighted by Crippen LogP contribution is -2.34. The number of rotatable bonds is 11. The molecule has 0 aliphatic heterocycles. The predicted molar refractivity (Wildman–Crippen MR) is 58.1 cm³/mol. The van der Waals surface area contributed by atoms with Gasteiger partial charge in [0.25, 0.3) is 0 Å². The van der Waals surface area contributed by atoms with Crippen LogP contribution in [0.3, 0.4) is 0 Å². The molecule has 0 rings (SSSR count). The molecule has 1 unspecified atom stereocenters. The molecule has 0 aliphatic rings. The summed E-state index contributed by atoms with van der Waals surface area (Å²) in [6, 6.07) is 0.0125. The topological polar surface area (TPSA) is 60.0 Å². The number of likely N-dealkylation sites (N-methyl/N-ethyl adjacent to an activating group) is 1. The van der Waals surface area contributed by atoms with E-state index in [1.807, 2.05) is 0 Å². The molecule has 1 atom stereocenters. The second-order valence-corrected chi connectivity index (χ2v) is 3.20. The zero-order valence-electron chi connectivity index (χ0n) is 9.70. The van der Waals surface area contributed by atoms with Crippen molar-refractivity contribution < 1.29 is 19.3 Å². The van der Waals surface area contributed by atoms with Crippen LogP contribution in [0.4, 0.5) is 0 Å². The number of aliphatic hydroxyl groups excluding tert-OH is 1. The SMILES string of the molecule is CNC(CO)COCCOCCCOC. The molecule has 0 aromatic carbocycles. The third-order valence-corrected chi connectivity index (χ3v) is 1.96. The fourth-order valence-electron chi connectivity index (χ4n) is 0.978. The van der Waals surface area contributed by atoms with Gasteiger partial charge in [0.15, 0.2) is 0 Å². The van der Waals surface area contributed by atoms with Crippen LogP contribution in [-0.2, 0) is 14.2 Å². The molecule has 0 bridgehead atoms. The first-order chi connectivity index (χ1) is 7.35. The highest BCUT2D eigenvalue weighted by Crippen LogP contribution is 1.87. The lowest BCUT2D eigenvalue weighted by molar-refractivity contribution is 0.0273. The molecule has 0 radical (unpaired) electrons. The Hall–Kier alpha value is -0.200. The molecule has 0 fully saturated rings. The average molecular weight is 221 g/mol. The fourth-order valence-corrected chi connectivity index (χ4v) is 0.978. The van der Waals surface area contributed by atoms with E-state index in [1.54, 1.807) is 14.2 Å². The van der Waals surface area contributed by atoms with Gasteiger partial charge >= 0.3 is 0 Å². The summed E-state index contributed by atoms with van der Waals surface area (Å²) in [6.45, 7) is 3.18. The average Bonchev–Trinajstić information content (AvgIpc) is 2.27. The van der Waals surface area contributed by atoms with E-state index in [-0.39, 0.29) is 12.6 Å². The van der Waals surface area contributed by atoms with Gasteiger partial charge < -0.3 is 24.6 Å². The quantitative estimate of drug-likeness (QED) is 0.466. The highest BCUT2D eigenvalue weighted by Gasteiger charge is 2.02. The molecule has 15 heavy (non-hydrogen) atoms. The van der Waals surface area contributed by atoms with E-state index in [0.29, 0.717) is 26.4 Å². The van der Waals surface area contributed by atoms with Crippen molar-refractivity contribution in [1.82, 2.24) is 5.32 Å². The largest absolute Gasteiger partial charge is 0.395 e. The zero-order valence-corrected chi connectivity index (χ0v) is 9.70. The number of methoxy groups -OCH3 is 1. The minimum atomic E-state index is 0.0125. The molecule has 0 heterocycles. The normalized spacial score (nSPS) is 13.0. The molecule has 5 heteroatoms. The first-order valence-electron chi connectivity index (χ1n) is 5.27. The maximum absolute atomic E-state index is 8.84. The van der Waals surface area contributed by atoms with Gasteiger partial charge in [-0.2, -0.15) is 0 Å². The van der Waals surface area contributed by atoms with Crippen LogP contribution < -0.4 is 5.32 Å². The molecular formula is C10H23NO4. The summed E-state index contributed by atoms with van der Waals surface area (Å²) in [5, 5.41) is 11.8. The predicted octanol–water partition coefficient (Wildman–Crippen LogP) is -0.364. The van der Waals surface area contributed by atoms with Gasteiger partial charge in [-0.05, 0) is 13.5 Å². The molecule has 0 saturated heterocycles. The highest BCUT2D eigenvalue weighted by atomic mass is 16.5. The van der Waals surface area contributed by atoms with Crippen LogP contribution in [-0.4, -0.2) is 64.9 Å². The van der Waals surface area contributed by atoms with Crippen molar-refractivity contribution >= 4 is 0 Å². The van der Waals surface area contributed by atoms with E-state index >= 15 is 0 Å². The molecule has 0 saturated carbocycles. The monoisotopic (exact) mass is 221 g/mol. The van der Waals surface area contributed by atoms with E-state index in [4.69, 9.17) is 19.3 Å². The Balaban J connectivity index is 3.04. The lowest BCUT2D eigenvalue weighted by Gasteiger charge is -2.13. The van der Waals surface area contributed by atoms with Gasteiger partial charge in [0.2, 0.25) is 0 Å². The van der Waals surface area contributed by atoms with Gasteiger partial charge in [0, 0.05) is 20.3 Å². The van der Waals surface area contributed by atoms with Gasteiger partial charge in [0.1, 0.15) is 0 Å². The molecule has 0 aliphatic carbocycles. The molecule has 0 amide bonds. The summed E-state index contributed by atoms with van der Waals surface area (Å²) in [7, 11) is 3.47. The van der Waals surface area contributed by atoms with Gasteiger partial charge in [-0.25, -0.2) is 0 Å². The van der Waals surface area contributed by atoms with E-state index in [9.17, 15) is 0 Å². The second kappa shape index (κ2) is 11.9. The van der Waals surface area contributed by atoms with Crippen LogP contribution in [0.25, 0.3) is 0 Å². The third-order valence-electron chi connectivity index (χ3n) is 1.96. The molecule has 0 spiro atoms. The molecule has 2 N–H and O–H groups in total. The van der Waals surface area contributed by atoms with E-state index in [1.165, 1.54) is 0 Å². The van der Waals surface area contributed by atoms with Crippen molar-refractivity contribution in [3.05, 3.63) is 0 Å². The van der Waals surface area contributed by atoms with Crippen LogP contribution in [0.15, 0.2) is 0 Å². The Morgan fingerprint density at radius 1 is 1.13 bits per heavy atom. The molecule has 92 valence electrons. The number of nitrogens with one attached hydrogen (secondary N) is 1. The summed E-state index contributed by atoms with van der Waals surface area (Å²) >= 11 is 0. The maximum atomic E-state index is 8.84. The Bertz CT molecular complexity index is 120. The first-order valence-corrected chi connectivity index (χ1v) is 5.27. The second-order valence-electron chi connectivity index (χ2n) is 3.20. The van der Waals surface area contributed by atoms with Crippen molar-refractivity contribution in [2.24, 2.45) is 0 Å². The molecular weight excluding hydrogens is 198 g/mol. The standard InChI is InChI=1S/C10H23NO4/c1-11-10(8-12)9-15-7-6-14-5-3-4-13-2/h10-12H,3-9H2,1-2H3.